The fourth-order valence-corrected chi connectivity index (χ4v) is 3.44. The first-order valence-electron chi connectivity index (χ1n) is 11.1. The normalized spacial score (nSPS) is 10.6. The lowest BCUT2D eigenvalue weighted by molar-refractivity contribution is 0.308. The topological polar surface area (TPSA) is 22.1 Å². The second-order valence-corrected chi connectivity index (χ2v) is 7.84. The van der Waals surface area contributed by atoms with Gasteiger partial charge in [0.25, 0.3) is 0 Å². The van der Waals surface area contributed by atoms with Gasteiger partial charge in [-0.3, -0.25) is 4.98 Å². The number of aromatic nitrogens is 1. The number of halogens is 1. The van der Waals surface area contributed by atoms with Crippen molar-refractivity contribution in [3.05, 3.63) is 107 Å². The summed E-state index contributed by atoms with van der Waals surface area (Å²) in [5, 5.41) is 1.87. The van der Waals surface area contributed by atoms with Crippen molar-refractivity contribution in [1.29, 1.82) is 0 Å². The van der Waals surface area contributed by atoms with Crippen LogP contribution in [0.5, 0.6) is 5.75 Å². The summed E-state index contributed by atoms with van der Waals surface area (Å²) in [6.07, 6.45) is 5.82. The molecular formula is C29H26FNO. The Labute approximate surface area is 189 Å². The summed E-state index contributed by atoms with van der Waals surface area (Å²) in [4.78, 5) is 4.51. The van der Waals surface area contributed by atoms with Crippen molar-refractivity contribution in [3.63, 3.8) is 0 Å². The van der Waals surface area contributed by atoms with E-state index in [1.165, 1.54) is 17.7 Å². The van der Waals surface area contributed by atoms with Crippen LogP contribution in [0.3, 0.4) is 0 Å². The van der Waals surface area contributed by atoms with Gasteiger partial charge in [-0.2, -0.15) is 0 Å². The van der Waals surface area contributed by atoms with Gasteiger partial charge < -0.3 is 4.74 Å². The van der Waals surface area contributed by atoms with Crippen LogP contribution in [0.2, 0.25) is 0 Å². The zero-order valence-corrected chi connectivity index (χ0v) is 18.3. The third-order valence-electron chi connectivity index (χ3n) is 5.34. The van der Waals surface area contributed by atoms with Crippen LogP contribution in [0.1, 0.15) is 42.1 Å². The summed E-state index contributed by atoms with van der Waals surface area (Å²) < 4.78 is 19.0. The number of nitrogens with zero attached hydrogens (tertiary/aromatic N) is 1. The summed E-state index contributed by atoms with van der Waals surface area (Å²) in [6.45, 7) is 2.90. The highest BCUT2D eigenvalue weighted by Gasteiger charge is 2.00. The van der Waals surface area contributed by atoms with Crippen LogP contribution in [0.4, 0.5) is 4.39 Å². The molecule has 0 unspecified atom stereocenters. The summed E-state index contributed by atoms with van der Waals surface area (Å²) in [7, 11) is 0. The van der Waals surface area contributed by atoms with E-state index in [0.29, 0.717) is 0 Å². The van der Waals surface area contributed by atoms with E-state index in [0.717, 1.165) is 65.6 Å². The molecule has 0 aliphatic carbocycles. The molecule has 0 aliphatic rings. The van der Waals surface area contributed by atoms with Crippen LogP contribution in [-0.2, 0) is 12.8 Å². The number of fused-ring (bicyclic) bond motifs is 1. The van der Waals surface area contributed by atoms with Gasteiger partial charge in [0, 0.05) is 16.8 Å². The highest BCUT2D eigenvalue weighted by molar-refractivity contribution is 5.83. The minimum Gasteiger partial charge on any atom is -0.492 e. The molecule has 32 heavy (non-hydrogen) atoms. The minimum atomic E-state index is -0.222. The molecule has 0 spiro atoms. The lowest BCUT2D eigenvalue weighted by Gasteiger charge is -2.06. The highest BCUT2D eigenvalue weighted by Crippen LogP contribution is 2.17. The molecule has 4 aromatic rings. The second kappa shape index (κ2) is 10.6. The molecular weight excluding hydrogens is 397 g/mol. The molecule has 2 nitrogen and oxygen atoms in total. The molecule has 3 aromatic carbocycles. The maximum absolute atomic E-state index is 13.3. The van der Waals surface area contributed by atoms with Gasteiger partial charge in [-0.1, -0.05) is 49.5 Å². The Bertz CT molecular complexity index is 1230. The van der Waals surface area contributed by atoms with Gasteiger partial charge in [0.05, 0.1) is 12.8 Å². The van der Waals surface area contributed by atoms with Crippen molar-refractivity contribution < 1.29 is 9.13 Å². The number of aryl methyl sites for hydroxylation is 2. The van der Waals surface area contributed by atoms with E-state index in [9.17, 15) is 4.39 Å². The maximum atomic E-state index is 13.3. The van der Waals surface area contributed by atoms with E-state index in [-0.39, 0.29) is 5.82 Å². The summed E-state index contributed by atoms with van der Waals surface area (Å²) in [5.74, 6) is 7.03. The third-order valence-corrected chi connectivity index (χ3v) is 5.34. The Morgan fingerprint density at radius 2 is 1.56 bits per heavy atom. The van der Waals surface area contributed by atoms with Gasteiger partial charge in [-0.25, -0.2) is 4.39 Å². The van der Waals surface area contributed by atoms with E-state index in [2.05, 4.69) is 48.0 Å². The Morgan fingerprint density at radius 1 is 0.812 bits per heavy atom. The van der Waals surface area contributed by atoms with Crippen LogP contribution in [0, 0.1) is 17.7 Å². The predicted octanol–water partition coefficient (Wildman–Crippen LogP) is 6.74. The van der Waals surface area contributed by atoms with Crippen LogP contribution < -0.4 is 4.74 Å². The largest absolute Gasteiger partial charge is 0.492 e. The Hall–Kier alpha value is -3.64. The molecule has 0 N–H and O–H groups in total. The molecule has 160 valence electrons. The number of unbranched alkanes of at least 4 members (excludes halogenated alkanes) is 1. The zero-order valence-electron chi connectivity index (χ0n) is 18.3. The number of rotatable bonds is 7. The van der Waals surface area contributed by atoms with Gasteiger partial charge >= 0.3 is 0 Å². The lowest BCUT2D eigenvalue weighted by Crippen LogP contribution is -1.99. The van der Waals surface area contributed by atoms with E-state index >= 15 is 0 Å². The SMILES string of the molecule is CCCCOc1ccc(CCc2ccc(C#Cc3ccc4cc(F)ccc4c3)cc2)nc1. The van der Waals surface area contributed by atoms with Crippen LogP contribution in [0.25, 0.3) is 10.8 Å². The summed E-state index contributed by atoms with van der Waals surface area (Å²) >= 11 is 0. The van der Waals surface area contributed by atoms with Crippen molar-refractivity contribution in [2.75, 3.05) is 6.61 Å². The van der Waals surface area contributed by atoms with Crippen molar-refractivity contribution >= 4 is 10.8 Å². The number of hydrogen-bond acceptors (Lipinski definition) is 2. The van der Waals surface area contributed by atoms with Crippen LogP contribution in [-0.4, -0.2) is 11.6 Å². The molecule has 0 radical (unpaired) electrons. The third kappa shape index (κ3) is 5.95. The van der Waals surface area contributed by atoms with Crippen LogP contribution in [0.15, 0.2) is 79.0 Å². The quantitative estimate of drug-likeness (QED) is 0.243. The number of pyridine rings is 1. The maximum Gasteiger partial charge on any atom is 0.137 e. The predicted molar refractivity (Wildman–Crippen MR) is 128 cm³/mol. The smallest absolute Gasteiger partial charge is 0.137 e. The van der Waals surface area contributed by atoms with E-state index in [4.69, 9.17) is 4.74 Å². The first-order chi connectivity index (χ1) is 15.7. The first kappa shape index (κ1) is 21.6. The molecule has 0 saturated carbocycles. The molecule has 0 amide bonds. The number of ether oxygens (including phenoxy) is 1. The van der Waals surface area contributed by atoms with Gasteiger partial charge in [-0.05, 0) is 84.1 Å². The van der Waals surface area contributed by atoms with Crippen molar-refractivity contribution in [1.82, 2.24) is 4.98 Å². The molecule has 0 bridgehead atoms. The standard InChI is InChI=1S/C29H26FNO/c1-2-3-18-32-29-17-16-28(31-21-29)15-11-23-6-4-22(5-7-23)8-9-24-10-12-26-20-27(30)14-13-25(26)19-24/h4-7,10,12-14,16-17,19-21H,2-3,11,15,18H2,1H3. The molecule has 0 saturated heterocycles. The van der Waals surface area contributed by atoms with Gasteiger partial charge in [-0.15, -0.1) is 0 Å². The molecule has 0 atom stereocenters. The fraction of sp³-hybridized carbons (Fsp3) is 0.207. The van der Waals surface area contributed by atoms with E-state index in [1.807, 2.05) is 36.5 Å². The van der Waals surface area contributed by atoms with E-state index < -0.39 is 0 Å². The second-order valence-electron chi connectivity index (χ2n) is 7.84. The molecule has 0 fully saturated rings. The molecule has 4 rings (SSSR count). The van der Waals surface area contributed by atoms with Gasteiger partial charge in [0.15, 0.2) is 0 Å². The minimum absolute atomic E-state index is 0.222. The summed E-state index contributed by atoms with van der Waals surface area (Å²) in [5.41, 5.74) is 4.21. The number of hydrogen-bond donors (Lipinski definition) is 0. The van der Waals surface area contributed by atoms with E-state index in [1.54, 1.807) is 6.07 Å². The molecule has 0 aliphatic heterocycles. The van der Waals surface area contributed by atoms with Gasteiger partial charge in [0.2, 0.25) is 0 Å². The Morgan fingerprint density at radius 3 is 2.34 bits per heavy atom. The number of benzene rings is 3. The molecule has 1 heterocycles. The highest BCUT2D eigenvalue weighted by atomic mass is 19.1. The van der Waals surface area contributed by atoms with Gasteiger partial charge in [0.1, 0.15) is 11.6 Å². The average molecular weight is 424 g/mol. The zero-order chi connectivity index (χ0) is 22.2. The lowest BCUT2D eigenvalue weighted by atomic mass is 10.0. The summed E-state index contributed by atoms with van der Waals surface area (Å²) in [6, 6.07) is 23.0. The molecule has 3 heteroatoms. The Balaban J connectivity index is 1.33. The fourth-order valence-electron chi connectivity index (χ4n) is 3.44. The Kier molecular flexibility index (Phi) is 7.15. The molecule has 1 aromatic heterocycles. The monoisotopic (exact) mass is 423 g/mol. The average Bonchev–Trinajstić information content (AvgIpc) is 2.83. The van der Waals surface area contributed by atoms with Crippen molar-refractivity contribution in [2.45, 2.75) is 32.6 Å². The van der Waals surface area contributed by atoms with Crippen LogP contribution >= 0.6 is 0 Å². The van der Waals surface area contributed by atoms with Crippen molar-refractivity contribution in [3.8, 4) is 17.6 Å². The van der Waals surface area contributed by atoms with Crippen molar-refractivity contribution in [2.24, 2.45) is 0 Å². The first-order valence-corrected chi connectivity index (χ1v) is 11.1.